The van der Waals surface area contributed by atoms with Crippen molar-refractivity contribution in [1.82, 2.24) is 4.72 Å². The van der Waals surface area contributed by atoms with Crippen molar-refractivity contribution in [2.24, 2.45) is 11.7 Å². The predicted molar refractivity (Wildman–Crippen MR) is 82.7 cm³/mol. The molecule has 0 heterocycles. The topological polar surface area (TPSA) is 125 Å². The molecule has 1 fully saturated rings. The standard InChI is InChI=1S/C12H16FN3O5S.ClH/c1-21-12-9(13)4-8(5-11(12)16(17)18)22(19,20)15-10(6-14)7-2-3-7;/h4-5,7,10,15H,2-3,6,14H2,1H3;1H. The molecule has 1 atom stereocenters. The molecule has 1 aromatic rings. The van der Waals surface area contributed by atoms with E-state index in [0.717, 1.165) is 26.0 Å². The summed E-state index contributed by atoms with van der Waals surface area (Å²) >= 11 is 0. The Morgan fingerprint density at radius 3 is 2.57 bits per heavy atom. The molecular formula is C12H17ClFN3O5S. The largest absolute Gasteiger partial charge is 0.488 e. The highest BCUT2D eigenvalue weighted by molar-refractivity contribution is 7.89. The number of nitro groups is 1. The van der Waals surface area contributed by atoms with Crippen molar-refractivity contribution >= 4 is 28.1 Å². The van der Waals surface area contributed by atoms with E-state index in [1.807, 2.05) is 0 Å². The van der Waals surface area contributed by atoms with Crippen LogP contribution >= 0.6 is 12.4 Å². The Morgan fingerprint density at radius 2 is 2.13 bits per heavy atom. The second kappa shape index (κ2) is 7.39. The van der Waals surface area contributed by atoms with Gasteiger partial charge in [-0.05, 0) is 24.8 Å². The van der Waals surface area contributed by atoms with Crippen molar-refractivity contribution in [3.05, 3.63) is 28.1 Å². The molecule has 0 spiro atoms. The van der Waals surface area contributed by atoms with E-state index in [1.54, 1.807) is 0 Å². The zero-order chi connectivity index (χ0) is 16.5. The number of sulfonamides is 1. The van der Waals surface area contributed by atoms with E-state index in [4.69, 9.17) is 5.73 Å². The number of hydrogen-bond donors (Lipinski definition) is 2. The zero-order valence-electron chi connectivity index (χ0n) is 12.2. The summed E-state index contributed by atoms with van der Waals surface area (Å²) in [6.07, 6.45) is 1.73. The third-order valence-corrected chi connectivity index (χ3v) is 4.93. The molecule has 1 saturated carbocycles. The first-order valence-electron chi connectivity index (χ1n) is 6.54. The van der Waals surface area contributed by atoms with Crippen LogP contribution in [0.1, 0.15) is 12.8 Å². The van der Waals surface area contributed by atoms with Crippen molar-refractivity contribution in [3.8, 4) is 5.75 Å². The van der Waals surface area contributed by atoms with Gasteiger partial charge in [0.05, 0.1) is 16.9 Å². The Kier molecular flexibility index (Phi) is 6.28. The van der Waals surface area contributed by atoms with E-state index >= 15 is 0 Å². The number of nitrogens with two attached hydrogens (primary N) is 1. The highest BCUT2D eigenvalue weighted by atomic mass is 35.5. The fourth-order valence-electron chi connectivity index (χ4n) is 2.15. The van der Waals surface area contributed by atoms with E-state index in [2.05, 4.69) is 9.46 Å². The second-order valence-corrected chi connectivity index (χ2v) is 6.73. The Bertz CT molecular complexity index is 696. The number of nitrogens with one attached hydrogen (secondary N) is 1. The van der Waals surface area contributed by atoms with Crippen LogP contribution in [0.15, 0.2) is 17.0 Å². The number of nitrogens with zero attached hydrogens (tertiary/aromatic N) is 1. The summed E-state index contributed by atoms with van der Waals surface area (Å²) in [5.74, 6) is -1.58. The van der Waals surface area contributed by atoms with Gasteiger partial charge in [-0.2, -0.15) is 0 Å². The Hall–Kier alpha value is -1.49. The van der Waals surface area contributed by atoms with E-state index in [9.17, 15) is 22.9 Å². The summed E-state index contributed by atoms with van der Waals surface area (Å²) in [6.45, 7) is 0.102. The molecule has 0 aliphatic heterocycles. The summed E-state index contributed by atoms with van der Waals surface area (Å²) in [6, 6.07) is 0.994. The van der Waals surface area contributed by atoms with Gasteiger partial charge >= 0.3 is 5.69 Å². The van der Waals surface area contributed by atoms with Gasteiger partial charge in [-0.25, -0.2) is 17.5 Å². The monoisotopic (exact) mass is 369 g/mol. The van der Waals surface area contributed by atoms with Crippen LogP contribution in [0, 0.1) is 21.8 Å². The summed E-state index contributed by atoms with van der Waals surface area (Å²) in [7, 11) is -3.05. The molecule has 1 aromatic carbocycles. The molecule has 130 valence electrons. The molecule has 11 heteroatoms. The number of ether oxygens (including phenoxy) is 1. The molecule has 1 unspecified atom stereocenters. The quantitative estimate of drug-likeness (QED) is 0.549. The molecule has 0 bridgehead atoms. The first-order chi connectivity index (χ1) is 10.3. The van der Waals surface area contributed by atoms with E-state index in [1.165, 1.54) is 0 Å². The van der Waals surface area contributed by atoms with E-state index < -0.39 is 43.1 Å². The molecular weight excluding hydrogens is 353 g/mol. The molecule has 1 aliphatic rings. The average molecular weight is 370 g/mol. The summed E-state index contributed by atoms with van der Waals surface area (Å²) in [5, 5.41) is 10.9. The van der Waals surface area contributed by atoms with Gasteiger partial charge in [0, 0.05) is 18.7 Å². The normalized spacial score (nSPS) is 15.6. The van der Waals surface area contributed by atoms with Gasteiger partial charge in [0.25, 0.3) is 0 Å². The predicted octanol–water partition coefficient (Wildman–Crippen LogP) is 1.18. The number of rotatable bonds is 7. The molecule has 0 amide bonds. The van der Waals surface area contributed by atoms with Gasteiger partial charge in [0.1, 0.15) is 0 Å². The lowest BCUT2D eigenvalue weighted by molar-refractivity contribution is -0.386. The van der Waals surface area contributed by atoms with E-state index in [-0.39, 0.29) is 24.9 Å². The van der Waals surface area contributed by atoms with Crippen LogP contribution in [0.25, 0.3) is 0 Å². The van der Waals surface area contributed by atoms with Gasteiger partial charge in [0.15, 0.2) is 5.82 Å². The summed E-state index contributed by atoms with van der Waals surface area (Å²) in [4.78, 5) is 9.50. The van der Waals surface area contributed by atoms with Gasteiger partial charge in [-0.3, -0.25) is 10.1 Å². The van der Waals surface area contributed by atoms with Crippen LogP contribution in [0.2, 0.25) is 0 Å². The van der Waals surface area contributed by atoms with Gasteiger partial charge < -0.3 is 10.5 Å². The van der Waals surface area contributed by atoms with Crippen LogP contribution in [0.5, 0.6) is 5.75 Å². The molecule has 0 saturated heterocycles. The van der Waals surface area contributed by atoms with Crippen molar-refractivity contribution in [3.63, 3.8) is 0 Å². The minimum Gasteiger partial charge on any atom is -0.488 e. The van der Waals surface area contributed by atoms with Crippen molar-refractivity contribution < 1.29 is 22.5 Å². The minimum absolute atomic E-state index is 0. The number of hydrogen-bond acceptors (Lipinski definition) is 6. The number of benzene rings is 1. The Morgan fingerprint density at radius 1 is 1.52 bits per heavy atom. The fraction of sp³-hybridized carbons (Fsp3) is 0.500. The van der Waals surface area contributed by atoms with Crippen LogP contribution in [0.4, 0.5) is 10.1 Å². The highest BCUT2D eigenvalue weighted by Crippen LogP contribution is 2.35. The molecule has 2 rings (SSSR count). The van der Waals surface area contributed by atoms with Gasteiger partial charge in [-0.1, -0.05) is 0 Å². The first kappa shape index (κ1) is 19.6. The molecule has 0 aromatic heterocycles. The maximum Gasteiger partial charge on any atom is 0.315 e. The molecule has 3 N–H and O–H groups in total. The van der Waals surface area contributed by atoms with Crippen LogP contribution < -0.4 is 15.2 Å². The lowest BCUT2D eigenvalue weighted by Gasteiger charge is -2.16. The van der Waals surface area contributed by atoms with Gasteiger partial charge in [-0.15, -0.1) is 12.4 Å². The van der Waals surface area contributed by atoms with Crippen molar-refractivity contribution in [2.45, 2.75) is 23.8 Å². The average Bonchev–Trinajstić information content (AvgIpc) is 3.28. The number of nitro benzene ring substituents is 1. The third kappa shape index (κ3) is 4.28. The van der Waals surface area contributed by atoms with Crippen LogP contribution in [-0.4, -0.2) is 33.0 Å². The summed E-state index contributed by atoms with van der Waals surface area (Å²) in [5.41, 5.74) is 4.77. The zero-order valence-corrected chi connectivity index (χ0v) is 13.8. The second-order valence-electron chi connectivity index (χ2n) is 5.02. The SMILES string of the molecule is COc1c(F)cc(S(=O)(=O)NC(CN)C2CC2)cc1[N+](=O)[O-].Cl. The highest BCUT2D eigenvalue weighted by Gasteiger charge is 2.34. The lowest BCUT2D eigenvalue weighted by atomic mass is 10.2. The smallest absolute Gasteiger partial charge is 0.315 e. The number of halogens is 2. The fourth-order valence-corrected chi connectivity index (χ4v) is 3.50. The van der Waals surface area contributed by atoms with Gasteiger partial charge in [0.2, 0.25) is 15.8 Å². The lowest BCUT2D eigenvalue weighted by Crippen LogP contribution is -2.41. The molecule has 23 heavy (non-hydrogen) atoms. The van der Waals surface area contributed by atoms with E-state index in [0.29, 0.717) is 6.07 Å². The minimum atomic E-state index is -4.11. The third-order valence-electron chi connectivity index (χ3n) is 3.46. The Labute approximate surface area is 138 Å². The Balaban J connectivity index is 0.00000264. The van der Waals surface area contributed by atoms with Crippen molar-refractivity contribution in [1.29, 1.82) is 0 Å². The maximum atomic E-state index is 13.8. The molecule has 1 aliphatic carbocycles. The molecule has 8 nitrogen and oxygen atoms in total. The van der Waals surface area contributed by atoms with Crippen molar-refractivity contribution in [2.75, 3.05) is 13.7 Å². The summed E-state index contributed by atoms with van der Waals surface area (Å²) < 4.78 is 45.3. The van der Waals surface area contributed by atoms with Crippen LogP contribution in [-0.2, 0) is 10.0 Å². The molecule has 0 radical (unpaired) electrons. The van der Waals surface area contributed by atoms with Crippen LogP contribution in [0.3, 0.4) is 0 Å². The maximum absolute atomic E-state index is 13.8. The first-order valence-corrected chi connectivity index (χ1v) is 8.02. The number of methoxy groups -OCH3 is 1.